The molecule has 3 nitrogen and oxygen atoms in total. The smallest absolute Gasteiger partial charge is 0.219 e. The highest BCUT2D eigenvalue weighted by Crippen LogP contribution is 2.38. The van der Waals surface area contributed by atoms with E-state index in [0.717, 1.165) is 32.4 Å². The van der Waals surface area contributed by atoms with Crippen LogP contribution in [0.1, 0.15) is 33.1 Å². The van der Waals surface area contributed by atoms with Gasteiger partial charge in [0.15, 0.2) is 0 Å². The van der Waals surface area contributed by atoms with Crippen molar-refractivity contribution in [2.45, 2.75) is 33.1 Å². The van der Waals surface area contributed by atoms with Crippen molar-refractivity contribution in [1.82, 2.24) is 4.90 Å². The zero-order chi connectivity index (χ0) is 11.0. The molecule has 0 radical (unpaired) electrons. The van der Waals surface area contributed by atoms with Gasteiger partial charge in [-0.15, -0.1) is 0 Å². The highest BCUT2D eigenvalue weighted by atomic mass is 16.2. The molecule has 84 valence electrons. The molecule has 0 unspecified atom stereocenters. The molecule has 0 aromatic rings. The van der Waals surface area contributed by atoms with Crippen LogP contribution in [0.5, 0.6) is 0 Å². The number of rotatable bonds is 0. The van der Waals surface area contributed by atoms with Crippen LogP contribution in [-0.2, 0) is 9.59 Å². The van der Waals surface area contributed by atoms with Crippen molar-refractivity contribution in [1.29, 1.82) is 0 Å². The van der Waals surface area contributed by atoms with Crippen molar-refractivity contribution in [3.63, 3.8) is 0 Å². The number of hydrogen-bond donors (Lipinski definition) is 0. The first kappa shape index (κ1) is 10.7. The fourth-order valence-corrected chi connectivity index (χ4v) is 3.04. The van der Waals surface area contributed by atoms with Crippen LogP contribution in [0.25, 0.3) is 0 Å². The van der Waals surface area contributed by atoms with Gasteiger partial charge in [-0.05, 0) is 24.7 Å². The van der Waals surface area contributed by atoms with Crippen LogP contribution in [-0.4, -0.2) is 29.7 Å². The standard InChI is InChI=1S/C12H19NO2/c1-8-11-7-13(9(2)14)6-5-10(11)3-4-12(8)15/h8,10-11H,3-7H2,1-2H3/t8-,10-,11-/m0/s1. The Morgan fingerprint density at radius 3 is 2.80 bits per heavy atom. The first-order valence-electron chi connectivity index (χ1n) is 5.88. The van der Waals surface area contributed by atoms with E-state index >= 15 is 0 Å². The molecule has 2 rings (SSSR count). The first-order valence-corrected chi connectivity index (χ1v) is 5.88. The monoisotopic (exact) mass is 209 g/mol. The maximum Gasteiger partial charge on any atom is 0.219 e. The quantitative estimate of drug-likeness (QED) is 0.606. The van der Waals surface area contributed by atoms with Gasteiger partial charge in [-0.3, -0.25) is 9.59 Å². The molecule has 0 bridgehead atoms. The third kappa shape index (κ3) is 1.92. The Morgan fingerprint density at radius 1 is 1.40 bits per heavy atom. The fraction of sp³-hybridized carbons (Fsp3) is 0.833. The Morgan fingerprint density at radius 2 is 2.13 bits per heavy atom. The van der Waals surface area contributed by atoms with Gasteiger partial charge in [0, 0.05) is 32.4 Å². The number of nitrogens with zero attached hydrogens (tertiary/aromatic N) is 1. The molecule has 0 N–H and O–H groups in total. The van der Waals surface area contributed by atoms with Crippen molar-refractivity contribution in [2.75, 3.05) is 13.1 Å². The van der Waals surface area contributed by atoms with Gasteiger partial charge >= 0.3 is 0 Å². The van der Waals surface area contributed by atoms with E-state index in [-0.39, 0.29) is 11.8 Å². The number of amides is 1. The topological polar surface area (TPSA) is 37.4 Å². The Labute approximate surface area is 90.8 Å². The molecule has 1 aliphatic heterocycles. The lowest BCUT2D eigenvalue weighted by atomic mass is 9.69. The summed E-state index contributed by atoms with van der Waals surface area (Å²) in [5.41, 5.74) is 0. The first-order chi connectivity index (χ1) is 7.09. The normalized spacial score (nSPS) is 36.3. The summed E-state index contributed by atoms with van der Waals surface area (Å²) in [5.74, 6) is 1.79. The summed E-state index contributed by atoms with van der Waals surface area (Å²) in [6.45, 7) is 5.34. The molecule has 1 saturated heterocycles. The predicted molar refractivity (Wildman–Crippen MR) is 57.3 cm³/mol. The summed E-state index contributed by atoms with van der Waals surface area (Å²) in [7, 11) is 0. The van der Waals surface area contributed by atoms with Gasteiger partial charge in [-0.2, -0.15) is 0 Å². The Hall–Kier alpha value is -0.860. The largest absolute Gasteiger partial charge is 0.343 e. The minimum Gasteiger partial charge on any atom is -0.343 e. The van der Waals surface area contributed by atoms with Crippen LogP contribution >= 0.6 is 0 Å². The molecule has 0 aromatic carbocycles. The van der Waals surface area contributed by atoms with Crippen LogP contribution < -0.4 is 0 Å². The van der Waals surface area contributed by atoms with E-state index < -0.39 is 0 Å². The Kier molecular flexibility index (Phi) is 2.81. The molecular formula is C12H19NO2. The molecule has 1 amide bonds. The van der Waals surface area contributed by atoms with Gasteiger partial charge in [0.25, 0.3) is 0 Å². The second-order valence-electron chi connectivity index (χ2n) is 4.97. The maximum atomic E-state index is 11.6. The summed E-state index contributed by atoms with van der Waals surface area (Å²) < 4.78 is 0. The van der Waals surface area contributed by atoms with Gasteiger partial charge in [0.05, 0.1) is 0 Å². The molecule has 1 aliphatic carbocycles. The minimum atomic E-state index is 0.152. The van der Waals surface area contributed by atoms with Crippen molar-refractivity contribution < 1.29 is 9.59 Å². The number of carbonyl (C=O) groups is 2. The van der Waals surface area contributed by atoms with E-state index in [9.17, 15) is 9.59 Å². The molecule has 0 aromatic heterocycles. The number of fused-ring (bicyclic) bond motifs is 1. The average molecular weight is 209 g/mol. The number of hydrogen-bond acceptors (Lipinski definition) is 2. The highest BCUT2D eigenvalue weighted by molar-refractivity contribution is 5.82. The SMILES string of the molecule is CC(=O)N1CC[C@@H]2CCC(=O)[C@@H](C)[C@@H]2C1. The molecular weight excluding hydrogens is 190 g/mol. The zero-order valence-corrected chi connectivity index (χ0v) is 9.53. The van der Waals surface area contributed by atoms with E-state index in [4.69, 9.17) is 0 Å². The number of ketones is 1. The fourth-order valence-electron chi connectivity index (χ4n) is 3.04. The third-order valence-electron chi connectivity index (χ3n) is 4.16. The highest BCUT2D eigenvalue weighted by Gasteiger charge is 2.39. The van der Waals surface area contributed by atoms with E-state index in [1.54, 1.807) is 6.92 Å². The van der Waals surface area contributed by atoms with Crippen molar-refractivity contribution in [2.24, 2.45) is 17.8 Å². The molecule has 1 heterocycles. The van der Waals surface area contributed by atoms with Gasteiger partial charge in [0.1, 0.15) is 5.78 Å². The van der Waals surface area contributed by atoms with Crippen LogP contribution in [0.15, 0.2) is 0 Å². The Bertz CT molecular complexity index is 287. The summed E-state index contributed by atoms with van der Waals surface area (Å²) in [5, 5.41) is 0. The predicted octanol–water partition coefficient (Wildman–Crippen LogP) is 1.47. The number of piperidine rings is 1. The van der Waals surface area contributed by atoms with Crippen molar-refractivity contribution in [3.8, 4) is 0 Å². The molecule has 3 heteroatoms. The summed E-state index contributed by atoms with van der Waals surface area (Å²) in [6.07, 6.45) is 2.88. The van der Waals surface area contributed by atoms with Crippen LogP contribution in [0.3, 0.4) is 0 Å². The lowest BCUT2D eigenvalue weighted by Crippen LogP contribution is -2.48. The summed E-state index contributed by atoms with van der Waals surface area (Å²) in [4.78, 5) is 24.8. The Balaban J connectivity index is 2.08. The number of carbonyl (C=O) groups excluding carboxylic acids is 2. The van der Waals surface area contributed by atoms with E-state index in [1.165, 1.54) is 0 Å². The van der Waals surface area contributed by atoms with E-state index in [0.29, 0.717) is 17.6 Å². The van der Waals surface area contributed by atoms with Crippen LogP contribution in [0.2, 0.25) is 0 Å². The van der Waals surface area contributed by atoms with Gasteiger partial charge < -0.3 is 4.90 Å². The lowest BCUT2D eigenvalue weighted by Gasteiger charge is -2.43. The van der Waals surface area contributed by atoms with Crippen molar-refractivity contribution in [3.05, 3.63) is 0 Å². The average Bonchev–Trinajstić information content (AvgIpc) is 2.23. The molecule has 2 aliphatic rings. The maximum absolute atomic E-state index is 11.6. The van der Waals surface area contributed by atoms with E-state index in [1.807, 2.05) is 11.8 Å². The van der Waals surface area contributed by atoms with Gasteiger partial charge in [0.2, 0.25) is 5.91 Å². The third-order valence-corrected chi connectivity index (χ3v) is 4.16. The van der Waals surface area contributed by atoms with E-state index in [2.05, 4.69) is 0 Å². The van der Waals surface area contributed by atoms with Crippen molar-refractivity contribution >= 4 is 11.7 Å². The second kappa shape index (κ2) is 3.95. The molecule has 1 saturated carbocycles. The van der Waals surface area contributed by atoms with Crippen LogP contribution in [0, 0.1) is 17.8 Å². The second-order valence-corrected chi connectivity index (χ2v) is 4.97. The molecule has 2 fully saturated rings. The molecule has 3 atom stereocenters. The summed E-state index contributed by atoms with van der Waals surface area (Å²) >= 11 is 0. The zero-order valence-electron chi connectivity index (χ0n) is 9.53. The van der Waals surface area contributed by atoms with Gasteiger partial charge in [-0.1, -0.05) is 6.92 Å². The van der Waals surface area contributed by atoms with Gasteiger partial charge in [-0.25, -0.2) is 0 Å². The number of Topliss-reactive ketones (excluding diaryl/α,β-unsaturated/α-hetero) is 1. The number of likely N-dealkylation sites (tertiary alicyclic amines) is 1. The summed E-state index contributed by atoms with van der Waals surface area (Å²) in [6, 6.07) is 0. The minimum absolute atomic E-state index is 0.152. The lowest BCUT2D eigenvalue weighted by molar-refractivity contribution is -0.137. The molecule has 0 spiro atoms. The molecule has 15 heavy (non-hydrogen) atoms. The van der Waals surface area contributed by atoms with Crippen LogP contribution in [0.4, 0.5) is 0 Å².